The van der Waals surface area contributed by atoms with Gasteiger partial charge in [0.1, 0.15) is 5.75 Å². The fourth-order valence-corrected chi connectivity index (χ4v) is 2.54. The summed E-state index contributed by atoms with van der Waals surface area (Å²) in [6, 6.07) is 16.3. The quantitative estimate of drug-likeness (QED) is 0.811. The first kappa shape index (κ1) is 14.6. The molecular weight excluding hydrogens is 244 g/mol. The van der Waals surface area contributed by atoms with Gasteiger partial charge in [-0.2, -0.15) is 0 Å². The second-order valence-electron chi connectivity index (χ2n) is 6.97. The summed E-state index contributed by atoms with van der Waals surface area (Å²) in [5, 5.41) is 10.1. The molecular formula is C19H24O. The molecule has 0 aliphatic carbocycles. The molecule has 0 atom stereocenters. The number of hydrogen-bond donors (Lipinski definition) is 1. The first-order valence-corrected chi connectivity index (χ1v) is 7.12. The van der Waals surface area contributed by atoms with Gasteiger partial charge in [-0.1, -0.05) is 77.1 Å². The zero-order valence-corrected chi connectivity index (χ0v) is 13.1. The third-order valence-corrected chi connectivity index (χ3v) is 4.05. The van der Waals surface area contributed by atoms with E-state index in [-0.39, 0.29) is 10.8 Å². The van der Waals surface area contributed by atoms with Crippen molar-refractivity contribution in [1.82, 2.24) is 0 Å². The van der Waals surface area contributed by atoms with E-state index < -0.39 is 0 Å². The Morgan fingerprint density at radius 2 is 1.20 bits per heavy atom. The Morgan fingerprint density at radius 3 is 1.70 bits per heavy atom. The lowest BCUT2D eigenvalue weighted by molar-refractivity contribution is 0.453. The van der Waals surface area contributed by atoms with Crippen LogP contribution in [-0.2, 0) is 10.8 Å². The van der Waals surface area contributed by atoms with E-state index in [9.17, 15) is 5.11 Å². The minimum absolute atomic E-state index is 0.164. The van der Waals surface area contributed by atoms with Crippen molar-refractivity contribution < 1.29 is 5.11 Å². The van der Waals surface area contributed by atoms with Crippen molar-refractivity contribution in [3.05, 3.63) is 65.2 Å². The molecule has 0 bridgehead atoms. The highest BCUT2D eigenvalue weighted by atomic mass is 16.3. The maximum Gasteiger partial charge on any atom is 0.119 e. The van der Waals surface area contributed by atoms with E-state index in [0.29, 0.717) is 5.75 Å². The van der Waals surface area contributed by atoms with E-state index >= 15 is 0 Å². The summed E-state index contributed by atoms with van der Waals surface area (Å²) in [5.41, 5.74) is 3.46. The lowest BCUT2D eigenvalue weighted by atomic mass is 9.76. The van der Waals surface area contributed by atoms with Gasteiger partial charge in [-0.25, -0.2) is 0 Å². The van der Waals surface area contributed by atoms with Crippen molar-refractivity contribution in [2.24, 2.45) is 0 Å². The van der Waals surface area contributed by atoms with Crippen LogP contribution in [0.15, 0.2) is 48.5 Å². The molecule has 0 aromatic heterocycles. The Labute approximate surface area is 122 Å². The predicted molar refractivity (Wildman–Crippen MR) is 85.4 cm³/mol. The summed E-state index contributed by atoms with van der Waals surface area (Å²) in [6.45, 7) is 10.9. The highest BCUT2D eigenvalue weighted by molar-refractivity contribution is 5.45. The fraction of sp³-hybridized carbons (Fsp3) is 0.368. The van der Waals surface area contributed by atoms with Crippen molar-refractivity contribution in [3.8, 4) is 5.75 Å². The van der Waals surface area contributed by atoms with Crippen LogP contribution in [0.4, 0.5) is 0 Å². The van der Waals surface area contributed by atoms with Crippen LogP contribution in [0.25, 0.3) is 0 Å². The van der Waals surface area contributed by atoms with E-state index in [1.165, 1.54) is 11.1 Å². The zero-order valence-electron chi connectivity index (χ0n) is 13.1. The minimum atomic E-state index is -0.207. The van der Waals surface area contributed by atoms with E-state index in [4.69, 9.17) is 0 Å². The molecule has 0 saturated carbocycles. The average molecular weight is 268 g/mol. The molecule has 0 saturated heterocycles. The van der Waals surface area contributed by atoms with E-state index in [1.807, 2.05) is 18.2 Å². The minimum Gasteiger partial charge on any atom is -0.508 e. The summed E-state index contributed by atoms with van der Waals surface area (Å²) in [5.74, 6) is 0.359. The third kappa shape index (κ3) is 2.72. The molecule has 0 spiro atoms. The molecule has 1 nitrogen and oxygen atoms in total. The number of aromatic hydroxyl groups is 1. The maximum absolute atomic E-state index is 10.1. The molecule has 0 heterocycles. The summed E-state index contributed by atoms with van der Waals surface area (Å²) in [4.78, 5) is 0. The highest BCUT2D eigenvalue weighted by Gasteiger charge is 2.26. The van der Waals surface area contributed by atoms with Gasteiger partial charge >= 0.3 is 0 Å². The fourth-order valence-electron chi connectivity index (χ4n) is 2.54. The van der Waals surface area contributed by atoms with Crippen molar-refractivity contribution in [2.45, 2.75) is 45.4 Å². The second-order valence-corrected chi connectivity index (χ2v) is 6.97. The molecule has 2 aromatic carbocycles. The van der Waals surface area contributed by atoms with Crippen LogP contribution < -0.4 is 0 Å². The van der Waals surface area contributed by atoms with Gasteiger partial charge in [0.2, 0.25) is 0 Å². The Hall–Kier alpha value is -1.76. The average Bonchev–Trinajstić information content (AvgIpc) is 2.38. The van der Waals surface area contributed by atoms with Crippen molar-refractivity contribution >= 4 is 0 Å². The number of phenolic OH excluding ortho intramolecular Hbond substituents is 1. The van der Waals surface area contributed by atoms with Crippen LogP contribution in [0.3, 0.4) is 0 Å². The van der Waals surface area contributed by atoms with E-state index in [0.717, 1.165) is 5.56 Å². The number of phenols is 1. The highest BCUT2D eigenvalue weighted by Crippen LogP contribution is 2.37. The Balaban J connectivity index is 2.43. The summed E-state index contributed by atoms with van der Waals surface area (Å²) >= 11 is 0. The summed E-state index contributed by atoms with van der Waals surface area (Å²) in [7, 11) is 0. The van der Waals surface area contributed by atoms with Crippen LogP contribution in [-0.4, -0.2) is 5.11 Å². The largest absolute Gasteiger partial charge is 0.508 e. The third-order valence-electron chi connectivity index (χ3n) is 4.05. The maximum atomic E-state index is 10.1. The lowest BCUT2D eigenvalue weighted by Crippen LogP contribution is -2.19. The van der Waals surface area contributed by atoms with Gasteiger partial charge in [-0.15, -0.1) is 0 Å². The van der Waals surface area contributed by atoms with Crippen molar-refractivity contribution in [1.29, 1.82) is 0 Å². The van der Waals surface area contributed by atoms with Gasteiger partial charge < -0.3 is 5.11 Å². The molecule has 0 radical (unpaired) electrons. The molecule has 0 fully saturated rings. The zero-order chi connectivity index (χ0) is 15.0. The standard InChI is InChI=1S/C19H24O/c1-18(2,3)14-10-12-15(13-11-14)19(4,5)16-8-6-7-9-17(16)20/h6-13,20H,1-5H3. The van der Waals surface area contributed by atoms with Crippen LogP contribution in [0, 0.1) is 0 Å². The molecule has 2 rings (SSSR count). The smallest absolute Gasteiger partial charge is 0.119 e. The van der Waals surface area contributed by atoms with Crippen LogP contribution in [0.1, 0.15) is 51.3 Å². The SMILES string of the molecule is CC(C)(C)c1ccc(C(C)(C)c2ccccc2O)cc1. The molecule has 0 unspecified atom stereocenters. The Bertz CT molecular complexity index is 586. The van der Waals surface area contributed by atoms with Gasteiger partial charge in [-0.05, 0) is 22.6 Å². The van der Waals surface area contributed by atoms with Gasteiger partial charge in [-0.3, -0.25) is 0 Å². The summed E-state index contributed by atoms with van der Waals surface area (Å²) in [6.07, 6.45) is 0. The molecule has 0 amide bonds. The van der Waals surface area contributed by atoms with Crippen molar-refractivity contribution in [3.63, 3.8) is 0 Å². The first-order chi connectivity index (χ1) is 9.23. The normalized spacial score (nSPS) is 12.4. The molecule has 20 heavy (non-hydrogen) atoms. The molecule has 0 aliphatic heterocycles. The molecule has 1 heteroatoms. The monoisotopic (exact) mass is 268 g/mol. The van der Waals surface area contributed by atoms with Gasteiger partial charge in [0.15, 0.2) is 0 Å². The number of hydrogen-bond acceptors (Lipinski definition) is 1. The second kappa shape index (κ2) is 4.97. The molecule has 2 aromatic rings. The van der Waals surface area contributed by atoms with E-state index in [1.54, 1.807) is 6.07 Å². The number of benzene rings is 2. The predicted octanol–water partition coefficient (Wildman–Crippen LogP) is 5.02. The summed E-state index contributed by atoms with van der Waals surface area (Å²) < 4.78 is 0. The van der Waals surface area contributed by atoms with Crippen molar-refractivity contribution in [2.75, 3.05) is 0 Å². The lowest BCUT2D eigenvalue weighted by Gasteiger charge is -2.28. The van der Waals surface area contributed by atoms with Gasteiger partial charge in [0.25, 0.3) is 0 Å². The van der Waals surface area contributed by atoms with Gasteiger partial charge in [0, 0.05) is 11.0 Å². The Morgan fingerprint density at radius 1 is 0.700 bits per heavy atom. The molecule has 1 N–H and O–H groups in total. The topological polar surface area (TPSA) is 20.2 Å². The number of rotatable bonds is 2. The number of para-hydroxylation sites is 1. The van der Waals surface area contributed by atoms with Crippen LogP contribution in [0.2, 0.25) is 0 Å². The van der Waals surface area contributed by atoms with E-state index in [2.05, 4.69) is 58.9 Å². The first-order valence-electron chi connectivity index (χ1n) is 7.12. The molecule has 0 aliphatic rings. The Kier molecular flexibility index (Phi) is 3.64. The van der Waals surface area contributed by atoms with Gasteiger partial charge in [0.05, 0.1) is 0 Å². The van der Waals surface area contributed by atoms with Crippen LogP contribution in [0.5, 0.6) is 5.75 Å². The van der Waals surface area contributed by atoms with Crippen LogP contribution >= 0.6 is 0 Å². The molecule has 106 valence electrons.